The number of benzene rings is 1. The van der Waals surface area contributed by atoms with E-state index in [0.717, 1.165) is 28.0 Å². The molecule has 1 heterocycles. The van der Waals surface area contributed by atoms with E-state index >= 15 is 0 Å². The molecule has 1 aromatic carbocycles. The van der Waals surface area contributed by atoms with Crippen LogP contribution in [0.15, 0.2) is 30.8 Å². The third-order valence-corrected chi connectivity index (χ3v) is 5.39. The van der Waals surface area contributed by atoms with Crippen molar-refractivity contribution >= 4 is 11.5 Å². The zero-order valence-corrected chi connectivity index (χ0v) is 15.9. The van der Waals surface area contributed by atoms with Gasteiger partial charge in [-0.25, -0.2) is 4.79 Å². The Kier molecular flexibility index (Phi) is 5.33. The fraction of sp³-hybridized carbons (Fsp3) is 0.409. The third kappa shape index (κ3) is 3.61. The number of carboxylic acid groups (broad SMARTS) is 1. The number of aromatic nitrogens is 1. The molecule has 1 aliphatic rings. The molecular weight excluding hydrogens is 324 g/mol. The quantitative estimate of drug-likeness (QED) is 0.770. The zero-order chi connectivity index (χ0) is 18.8. The van der Waals surface area contributed by atoms with Gasteiger partial charge < -0.3 is 15.0 Å². The molecule has 0 saturated heterocycles. The van der Waals surface area contributed by atoms with Crippen LogP contribution < -0.4 is 5.32 Å². The lowest BCUT2D eigenvalue weighted by atomic mass is 9.92. The maximum Gasteiger partial charge on any atom is 0.352 e. The third-order valence-electron chi connectivity index (χ3n) is 5.39. The standard InChI is InChI=1S/C22H28N2O2/c1-14(2)20-16(4)24(13-17-10-8-15(3)9-11-17)21(22(25)26)19(20)12-23-18-6-5-7-18/h8-11,18,23H,1,5-7,12-13H2,2-4H3,(H,25,26). The first-order valence-corrected chi connectivity index (χ1v) is 9.28. The molecule has 0 atom stereocenters. The highest BCUT2D eigenvalue weighted by Gasteiger charge is 2.26. The number of hydrogen-bond acceptors (Lipinski definition) is 2. The van der Waals surface area contributed by atoms with Crippen molar-refractivity contribution in [3.63, 3.8) is 0 Å². The van der Waals surface area contributed by atoms with Gasteiger partial charge in [-0.3, -0.25) is 0 Å². The molecule has 0 aliphatic heterocycles. The van der Waals surface area contributed by atoms with Gasteiger partial charge in [0.25, 0.3) is 0 Å². The van der Waals surface area contributed by atoms with Crippen LogP contribution in [-0.2, 0) is 13.1 Å². The summed E-state index contributed by atoms with van der Waals surface area (Å²) >= 11 is 0. The van der Waals surface area contributed by atoms with Crippen LogP contribution in [0.5, 0.6) is 0 Å². The van der Waals surface area contributed by atoms with Crippen LogP contribution >= 0.6 is 0 Å². The van der Waals surface area contributed by atoms with Crippen LogP contribution in [-0.4, -0.2) is 21.7 Å². The normalized spacial score (nSPS) is 14.3. The summed E-state index contributed by atoms with van der Waals surface area (Å²) < 4.78 is 1.93. The van der Waals surface area contributed by atoms with Crippen molar-refractivity contribution < 1.29 is 9.90 Å². The minimum Gasteiger partial charge on any atom is -0.477 e. The van der Waals surface area contributed by atoms with E-state index in [2.05, 4.69) is 43.1 Å². The van der Waals surface area contributed by atoms with Gasteiger partial charge in [0.15, 0.2) is 0 Å². The maximum atomic E-state index is 12.1. The van der Waals surface area contributed by atoms with Gasteiger partial charge in [-0.1, -0.05) is 42.8 Å². The Morgan fingerprint density at radius 3 is 2.42 bits per heavy atom. The number of carboxylic acids is 1. The van der Waals surface area contributed by atoms with Crippen LogP contribution in [0.2, 0.25) is 0 Å². The van der Waals surface area contributed by atoms with E-state index in [4.69, 9.17) is 0 Å². The second-order valence-corrected chi connectivity index (χ2v) is 7.45. The largest absolute Gasteiger partial charge is 0.477 e. The highest BCUT2D eigenvalue weighted by molar-refractivity contribution is 5.91. The summed E-state index contributed by atoms with van der Waals surface area (Å²) in [6, 6.07) is 8.76. The lowest BCUT2D eigenvalue weighted by Gasteiger charge is -2.26. The van der Waals surface area contributed by atoms with E-state index in [9.17, 15) is 9.90 Å². The summed E-state index contributed by atoms with van der Waals surface area (Å²) in [5, 5.41) is 13.5. The first-order chi connectivity index (χ1) is 12.4. The molecule has 3 rings (SSSR count). The second-order valence-electron chi connectivity index (χ2n) is 7.45. The van der Waals surface area contributed by atoms with E-state index in [-0.39, 0.29) is 0 Å². The molecule has 4 heteroatoms. The zero-order valence-electron chi connectivity index (χ0n) is 15.9. The average molecular weight is 352 g/mol. The van der Waals surface area contributed by atoms with Gasteiger partial charge in [0.1, 0.15) is 5.69 Å². The molecule has 26 heavy (non-hydrogen) atoms. The Morgan fingerprint density at radius 2 is 1.92 bits per heavy atom. The number of nitrogens with zero attached hydrogens (tertiary/aromatic N) is 1. The molecule has 1 aromatic heterocycles. The summed E-state index contributed by atoms with van der Waals surface area (Å²) in [5.41, 5.74) is 6.42. The van der Waals surface area contributed by atoms with Gasteiger partial charge in [-0.05, 0) is 44.7 Å². The van der Waals surface area contributed by atoms with E-state index in [1.54, 1.807) is 0 Å². The fourth-order valence-electron chi connectivity index (χ4n) is 3.72. The van der Waals surface area contributed by atoms with Crippen molar-refractivity contribution in [3.05, 3.63) is 64.5 Å². The van der Waals surface area contributed by atoms with Gasteiger partial charge in [0.2, 0.25) is 0 Å². The first-order valence-electron chi connectivity index (χ1n) is 9.28. The number of aromatic carboxylic acids is 1. The molecular formula is C22H28N2O2. The fourth-order valence-corrected chi connectivity index (χ4v) is 3.72. The molecule has 2 aromatic rings. The predicted octanol–water partition coefficient (Wildman–Crippen LogP) is 4.53. The number of nitrogens with one attached hydrogen (secondary N) is 1. The Labute approximate surface area is 155 Å². The van der Waals surface area contributed by atoms with E-state index < -0.39 is 5.97 Å². The summed E-state index contributed by atoms with van der Waals surface area (Å²) in [6.07, 6.45) is 3.60. The lowest BCUT2D eigenvalue weighted by molar-refractivity contribution is 0.0683. The number of aryl methyl sites for hydroxylation is 1. The molecule has 0 amide bonds. The van der Waals surface area contributed by atoms with Gasteiger partial charge in [-0.15, -0.1) is 0 Å². The van der Waals surface area contributed by atoms with Crippen molar-refractivity contribution in [3.8, 4) is 0 Å². The summed E-state index contributed by atoms with van der Waals surface area (Å²) in [4.78, 5) is 12.1. The van der Waals surface area contributed by atoms with E-state index in [0.29, 0.717) is 24.8 Å². The summed E-state index contributed by atoms with van der Waals surface area (Å²) in [6.45, 7) is 11.2. The molecule has 1 aliphatic carbocycles. The predicted molar refractivity (Wildman–Crippen MR) is 106 cm³/mol. The Balaban J connectivity index is 2.02. The Bertz CT molecular complexity index is 827. The molecule has 4 nitrogen and oxygen atoms in total. The number of hydrogen-bond donors (Lipinski definition) is 2. The van der Waals surface area contributed by atoms with E-state index in [1.807, 2.05) is 18.4 Å². The number of carbonyl (C=O) groups is 1. The van der Waals surface area contributed by atoms with Crippen LogP contribution in [0.3, 0.4) is 0 Å². The smallest absolute Gasteiger partial charge is 0.352 e. The molecule has 2 N–H and O–H groups in total. The van der Waals surface area contributed by atoms with Gasteiger partial charge in [0, 0.05) is 36.0 Å². The minimum absolute atomic E-state index is 0.382. The second kappa shape index (κ2) is 7.50. The molecule has 138 valence electrons. The minimum atomic E-state index is -0.877. The number of rotatable bonds is 7. The Hall–Kier alpha value is -2.33. The average Bonchev–Trinajstić information content (AvgIpc) is 2.80. The monoisotopic (exact) mass is 352 g/mol. The molecule has 1 saturated carbocycles. The molecule has 0 bridgehead atoms. The highest BCUT2D eigenvalue weighted by Crippen LogP contribution is 2.30. The summed E-state index contributed by atoms with van der Waals surface area (Å²) in [7, 11) is 0. The molecule has 0 spiro atoms. The van der Waals surface area contributed by atoms with Gasteiger partial charge in [0.05, 0.1) is 0 Å². The van der Waals surface area contributed by atoms with Crippen molar-refractivity contribution in [2.24, 2.45) is 0 Å². The van der Waals surface area contributed by atoms with Crippen molar-refractivity contribution in [1.29, 1.82) is 0 Å². The first kappa shape index (κ1) is 18.5. The maximum absolute atomic E-state index is 12.1. The van der Waals surface area contributed by atoms with Gasteiger partial charge in [-0.2, -0.15) is 0 Å². The topological polar surface area (TPSA) is 54.3 Å². The van der Waals surface area contributed by atoms with Crippen molar-refractivity contribution in [1.82, 2.24) is 9.88 Å². The van der Waals surface area contributed by atoms with Crippen LogP contribution in [0.4, 0.5) is 0 Å². The van der Waals surface area contributed by atoms with Crippen LogP contribution in [0, 0.1) is 13.8 Å². The van der Waals surface area contributed by atoms with Crippen molar-refractivity contribution in [2.45, 2.75) is 59.2 Å². The number of allylic oxidation sites excluding steroid dienone is 1. The highest BCUT2D eigenvalue weighted by atomic mass is 16.4. The molecule has 0 radical (unpaired) electrons. The van der Waals surface area contributed by atoms with Gasteiger partial charge >= 0.3 is 5.97 Å². The SMILES string of the molecule is C=C(C)c1c(CNC2CCC2)c(C(=O)O)n(Cc2ccc(C)cc2)c1C. The summed E-state index contributed by atoms with van der Waals surface area (Å²) in [5.74, 6) is -0.877. The Morgan fingerprint density at radius 1 is 1.27 bits per heavy atom. The van der Waals surface area contributed by atoms with Crippen LogP contribution in [0.1, 0.15) is 64.6 Å². The van der Waals surface area contributed by atoms with Crippen molar-refractivity contribution in [2.75, 3.05) is 0 Å². The molecule has 1 fully saturated rings. The van der Waals surface area contributed by atoms with Crippen LogP contribution in [0.25, 0.3) is 5.57 Å². The van der Waals surface area contributed by atoms with E-state index in [1.165, 1.54) is 24.8 Å². The lowest BCUT2D eigenvalue weighted by Crippen LogP contribution is -2.35. The molecule has 0 unspecified atom stereocenters.